The van der Waals surface area contributed by atoms with E-state index >= 15 is 0 Å². The number of carbonyl (C=O) groups is 1. The number of aliphatic carboxylic acids is 1. The minimum absolute atomic E-state index is 0.232. The molecule has 0 N–H and O–H groups in total. The van der Waals surface area contributed by atoms with Gasteiger partial charge < -0.3 is 9.90 Å². The molecule has 0 aliphatic heterocycles. The van der Waals surface area contributed by atoms with Crippen molar-refractivity contribution in [2.45, 2.75) is 32.1 Å². The van der Waals surface area contributed by atoms with Gasteiger partial charge in [-0.3, -0.25) is 0 Å². The molecule has 0 unspecified atom stereocenters. The summed E-state index contributed by atoms with van der Waals surface area (Å²) in [5, 5.41) is 9.96. The maximum absolute atomic E-state index is 9.96. The summed E-state index contributed by atoms with van der Waals surface area (Å²) >= 11 is 0. The molecule has 0 aromatic rings. The summed E-state index contributed by atoms with van der Waals surface area (Å²) in [4.78, 5) is 9.96. The number of rotatable bonds is 3. The van der Waals surface area contributed by atoms with E-state index in [1.54, 1.807) is 0 Å². The second-order valence-electron chi connectivity index (χ2n) is 3.43. The van der Waals surface area contributed by atoms with Gasteiger partial charge in [0.25, 0.3) is 0 Å². The lowest BCUT2D eigenvalue weighted by Gasteiger charge is -2.14. The standard InChI is InChI=1S/C6H14O2Si/c1-9(2,3)5-4-6(7)8/h4-5H2,1-3H3,(H,7,8)/p-1. The number of hydrogen-bond acceptors (Lipinski definition) is 2. The normalized spacial score (nSPS) is 11.4. The number of carbonyl (C=O) groups excluding carboxylic acids is 1. The van der Waals surface area contributed by atoms with Crippen LogP contribution in [0, 0.1) is 0 Å². The van der Waals surface area contributed by atoms with Crippen LogP contribution in [0.2, 0.25) is 25.7 Å². The minimum atomic E-state index is -1.14. The van der Waals surface area contributed by atoms with Crippen molar-refractivity contribution in [3.63, 3.8) is 0 Å². The number of hydrogen-bond donors (Lipinski definition) is 0. The predicted octanol–water partition coefficient (Wildman–Crippen LogP) is 0.465. The Morgan fingerprint density at radius 1 is 1.44 bits per heavy atom. The van der Waals surface area contributed by atoms with Crippen LogP contribution in [-0.2, 0) is 4.79 Å². The average molecular weight is 145 g/mol. The largest absolute Gasteiger partial charge is 0.550 e. The average Bonchev–Trinajstić information content (AvgIpc) is 1.59. The molecular weight excluding hydrogens is 132 g/mol. The topological polar surface area (TPSA) is 40.1 Å². The van der Waals surface area contributed by atoms with E-state index in [4.69, 9.17) is 0 Å². The first-order valence-corrected chi connectivity index (χ1v) is 6.82. The monoisotopic (exact) mass is 145 g/mol. The zero-order valence-electron chi connectivity index (χ0n) is 6.23. The molecule has 2 nitrogen and oxygen atoms in total. The van der Waals surface area contributed by atoms with Gasteiger partial charge in [0.1, 0.15) is 0 Å². The molecule has 0 heterocycles. The van der Waals surface area contributed by atoms with Gasteiger partial charge in [0.05, 0.1) is 0 Å². The third-order valence-corrected chi connectivity index (χ3v) is 2.83. The van der Waals surface area contributed by atoms with Crippen molar-refractivity contribution in [1.82, 2.24) is 0 Å². The van der Waals surface area contributed by atoms with Crippen molar-refractivity contribution in [2.75, 3.05) is 0 Å². The smallest absolute Gasteiger partial charge is 0.0446 e. The van der Waals surface area contributed by atoms with Gasteiger partial charge in [0, 0.05) is 14.0 Å². The van der Waals surface area contributed by atoms with Crippen molar-refractivity contribution >= 4 is 14.0 Å². The fraction of sp³-hybridized carbons (Fsp3) is 0.833. The van der Waals surface area contributed by atoms with E-state index < -0.39 is 14.0 Å². The fourth-order valence-electron chi connectivity index (χ4n) is 0.477. The highest BCUT2D eigenvalue weighted by Crippen LogP contribution is 2.09. The van der Waals surface area contributed by atoms with E-state index in [0.717, 1.165) is 6.04 Å². The lowest BCUT2D eigenvalue weighted by atomic mass is 10.5. The highest BCUT2D eigenvalue weighted by Gasteiger charge is 2.11. The molecule has 0 atom stereocenters. The Morgan fingerprint density at radius 3 is 2.00 bits per heavy atom. The van der Waals surface area contributed by atoms with E-state index in [0.29, 0.717) is 0 Å². The van der Waals surface area contributed by atoms with Crippen molar-refractivity contribution in [1.29, 1.82) is 0 Å². The second kappa shape index (κ2) is 3.01. The van der Waals surface area contributed by atoms with E-state index in [1.165, 1.54) is 0 Å². The lowest BCUT2D eigenvalue weighted by Crippen LogP contribution is -2.27. The van der Waals surface area contributed by atoms with Gasteiger partial charge in [-0.25, -0.2) is 0 Å². The van der Waals surface area contributed by atoms with Crippen LogP contribution in [0.5, 0.6) is 0 Å². The first-order chi connectivity index (χ1) is 3.92. The van der Waals surface area contributed by atoms with Gasteiger partial charge in [-0.1, -0.05) is 25.7 Å². The number of carboxylic acid groups (broad SMARTS) is 1. The molecule has 0 aromatic carbocycles. The van der Waals surface area contributed by atoms with Crippen LogP contribution in [0.15, 0.2) is 0 Å². The maximum Gasteiger partial charge on any atom is 0.0446 e. The molecule has 0 amide bonds. The van der Waals surface area contributed by atoms with Crippen LogP contribution in [-0.4, -0.2) is 14.0 Å². The number of carboxylic acids is 1. The molecule has 0 spiro atoms. The molecule has 0 aliphatic carbocycles. The van der Waals surface area contributed by atoms with Crippen molar-refractivity contribution in [3.8, 4) is 0 Å². The summed E-state index contributed by atoms with van der Waals surface area (Å²) in [6.07, 6.45) is 0.232. The molecule has 0 aliphatic rings. The molecule has 9 heavy (non-hydrogen) atoms. The van der Waals surface area contributed by atoms with Gasteiger partial charge in [-0.05, 0) is 6.42 Å². The van der Waals surface area contributed by atoms with Crippen molar-refractivity contribution in [3.05, 3.63) is 0 Å². The predicted molar refractivity (Wildman–Crippen MR) is 37.8 cm³/mol. The fourth-order valence-corrected chi connectivity index (χ4v) is 1.43. The van der Waals surface area contributed by atoms with Gasteiger partial charge in [-0.15, -0.1) is 0 Å². The van der Waals surface area contributed by atoms with E-state index in [-0.39, 0.29) is 6.42 Å². The van der Waals surface area contributed by atoms with E-state index in [2.05, 4.69) is 19.6 Å². The quantitative estimate of drug-likeness (QED) is 0.541. The van der Waals surface area contributed by atoms with Crippen LogP contribution in [0.25, 0.3) is 0 Å². The van der Waals surface area contributed by atoms with Crippen LogP contribution < -0.4 is 5.11 Å². The Kier molecular flexibility index (Phi) is 2.90. The molecule has 0 saturated carbocycles. The Labute approximate surface area is 56.9 Å². The molecule has 0 radical (unpaired) electrons. The van der Waals surface area contributed by atoms with Crippen molar-refractivity contribution in [2.24, 2.45) is 0 Å². The summed E-state index contributed by atoms with van der Waals surface area (Å²) in [5.41, 5.74) is 0. The van der Waals surface area contributed by atoms with Gasteiger partial charge in [0.15, 0.2) is 0 Å². The van der Waals surface area contributed by atoms with Crippen LogP contribution in [0.4, 0.5) is 0 Å². The SMILES string of the molecule is C[Si](C)(C)CCC(=O)[O-]. The molecule has 54 valence electrons. The van der Waals surface area contributed by atoms with Gasteiger partial charge in [-0.2, -0.15) is 0 Å². The Hall–Kier alpha value is -0.313. The summed E-state index contributed by atoms with van der Waals surface area (Å²) in [6.45, 7) is 6.45. The molecule has 0 fully saturated rings. The summed E-state index contributed by atoms with van der Waals surface area (Å²) in [5.74, 6) is -0.919. The first-order valence-electron chi connectivity index (χ1n) is 3.12. The lowest BCUT2D eigenvalue weighted by molar-refractivity contribution is -0.305. The third kappa shape index (κ3) is 7.69. The van der Waals surface area contributed by atoms with E-state index in [1.807, 2.05) is 0 Å². The van der Waals surface area contributed by atoms with Crippen molar-refractivity contribution < 1.29 is 9.90 Å². The Morgan fingerprint density at radius 2 is 1.89 bits per heavy atom. The molecule has 3 heteroatoms. The molecule has 0 saturated heterocycles. The highest BCUT2D eigenvalue weighted by atomic mass is 28.3. The first kappa shape index (κ1) is 8.69. The van der Waals surface area contributed by atoms with E-state index in [9.17, 15) is 9.90 Å². The molecular formula is C6H13O2Si-. The Bertz CT molecular complexity index is 104. The summed E-state index contributed by atoms with van der Waals surface area (Å²) in [6, 6.07) is 0.829. The Balaban J connectivity index is 3.39. The zero-order chi connectivity index (χ0) is 7.49. The third-order valence-electron chi connectivity index (χ3n) is 1.08. The van der Waals surface area contributed by atoms with Crippen LogP contribution in [0.1, 0.15) is 6.42 Å². The molecule has 0 bridgehead atoms. The second-order valence-corrected chi connectivity index (χ2v) is 9.05. The molecule has 0 rings (SSSR count). The summed E-state index contributed by atoms with van der Waals surface area (Å²) < 4.78 is 0. The zero-order valence-corrected chi connectivity index (χ0v) is 7.23. The van der Waals surface area contributed by atoms with Gasteiger partial charge in [0.2, 0.25) is 0 Å². The maximum atomic E-state index is 9.96. The van der Waals surface area contributed by atoms with Crippen LogP contribution >= 0.6 is 0 Å². The van der Waals surface area contributed by atoms with Gasteiger partial charge >= 0.3 is 0 Å². The minimum Gasteiger partial charge on any atom is -0.550 e. The molecule has 0 aromatic heterocycles. The highest BCUT2D eigenvalue weighted by molar-refractivity contribution is 6.76. The summed E-state index contributed by atoms with van der Waals surface area (Å²) in [7, 11) is -1.14. The van der Waals surface area contributed by atoms with Crippen LogP contribution in [0.3, 0.4) is 0 Å².